The second-order valence-corrected chi connectivity index (χ2v) is 6.80. The molecule has 0 radical (unpaired) electrons. The van der Waals surface area contributed by atoms with Gasteiger partial charge in [0.2, 0.25) is 0 Å². The van der Waals surface area contributed by atoms with E-state index in [1.807, 2.05) is 54.6 Å². The van der Waals surface area contributed by atoms with Crippen molar-refractivity contribution < 1.29 is 9.34 Å². The third kappa shape index (κ3) is 3.77. The first-order valence-corrected chi connectivity index (χ1v) is 9.08. The third-order valence-corrected chi connectivity index (χ3v) is 4.51. The number of nitrogens with zero attached hydrogens (tertiary/aromatic N) is 3. The van der Waals surface area contributed by atoms with Crippen LogP contribution in [0.1, 0.15) is 5.76 Å². The number of hydrogen-bond acceptors (Lipinski definition) is 6. The Kier molecular flexibility index (Phi) is 4.86. The number of fused-ring (bicyclic) bond motifs is 1. The topological polar surface area (TPSA) is 93.6 Å². The highest BCUT2D eigenvalue weighted by molar-refractivity contribution is 9.10. The molecule has 0 unspecified atom stereocenters. The number of rotatable bonds is 5. The van der Waals surface area contributed by atoms with Crippen LogP contribution in [0.15, 0.2) is 80.7 Å². The Bertz CT molecular complexity index is 1190. The smallest absolute Gasteiger partial charge is 0.400 e. The van der Waals surface area contributed by atoms with E-state index in [0.29, 0.717) is 5.82 Å². The van der Waals surface area contributed by atoms with Crippen molar-refractivity contribution in [3.05, 3.63) is 87.1 Å². The van der Waals surface area contributed by atoms with Gasteiger partial charge >= 0.3 is 5.88 Å². The molecule has 0 aliphatic rings. The summed E-state index contributed by atoms with van der Waals surface area (Å²) in [6, 6.07) is 20.5. The molecule has 0 atom stereocenters. The molecule has 4 aromatic rings. The van der Waals surface area contributed by atoms with Crippen LogP contribution in [0.25, 0.3) is 22.0 Å². The average Bonchev–Trinajstić information content (AvgIpc) is 3.18. The number of halogens is 1. The van der Waals surface area contributed by atoms with Gasteiger partial charge < -0.3 is 4.42 Å². The summed E-state index contributed by atoms with van der Waals surface area (Å²) in [4.78, 5) is 14.7. The summed E-state index contributed by atoms with van der Waals surface area (Å²) in [5, 5.41) is 15.8. The maximum atomic E-state index is 10.7. The molecule has 0 spiro atoms. The molecule has 4 rings (SSSR count). The van der Waals surface area contributed by atoms with E-state index in [1.165, 1.54) is 18.3 Å². The number of furan rings is 1. The molecule has 0 saturated carbocycles. The maximum Gasteiger partial charge on any atom is 0.433 e. The Morgan fingerprint density at radius 1 is 1.11 bits per heavy atom. The van der Waals surface area contributed by atoms with Gasteiger partial charge in [-0.2, -0.15) is 5.10 Å². The monoisotopic (exact) mass is 436 g/mol. The lowest BCUT2D eigenvalue weighted by Crippen LogP contribution is -1.95. The Balaban J connectivity index is 1.68. The molecule has 1 N–H and O–H groups in total. The summed E-state index contributed by atoms with van der Waals surface area (Å²) in [6.07, 6.45) is 1.36. The highest BCUT2D eigenvalue weighted by atomic mass is 79.9. The number of pyridine rings is 1. The predicted molar refractivity (Wildman–Crippen MR) is 111 cm³/mol. The molecular weight excluding hydrogens is 424 g/mol. The summed E-state index contributed by atoms with van der Waals surface area (Å²) in [5.41, 5.74) is 5.75. The molecule has 0 amide bonds. The minimum Gasteiger partial charge on any atom is -0.400 e. The van der Waals surface area contributed by atoms with Gasteiger partial charge in [0.15, 0.2) is 5.76 Å². The lowest BCUT2D eigenvalue weighted by molar-refractivity contribution is -0.402. The molecule has 28 heavy (non-hydrogen) atoms. The quantitative estimate of drug-likeness (QED) is 0.249. The number of hydrazone groups is 1. The van der Waals surface area contributed by atoms with Crippen LogP contribution in [0.3, 0.4) is 0 Å². The van der Waals surface area contributed by atoms with Crippen molar-refractivity contribution in [1.29, 1.82) is 0 Å². The highest BCUT2D eigenvalue weighted by Crippen LogP contribution is 2.32. The molecule has 138 valence electrons. The molecule has 8 heteroatoms. The van der Waals surface area contributed by atoms with Crippen LogP contribution >= 0.6 is 15.9 Å². The van der Waals surface area contributed by atoms with Gasteiger partial charge in [-0.25, -0.2) is 4.98 Å². The van der Waals surface area contributed by atoms with Crippen molar-refractivity contribution in [2.24, 2.45) is 5.10 Å². The van der Waals surface area contributed by atoms with Gasteiger partial charge in [0, 0.05) is 9.86 Å². The van der Waals surface area contributed by atoms with E-state index >= 15 is 0 Å². The molecule has 0 saturated heterocycles. The third-order valence-electron chi connectivity index (χ3n) is 4.02. The number of anilines is 1. The predicted octanol–water partition coefficient (Wildman–Crippen LogP) is 5.61. The van der Waals surface area contributed by atoms with Gasteiger partial charge in [-0.1, -0.05) is 46.3 Å². The number of benzene rings is 2. The Labute approximate surface area is 168 Å². The van der Waals surface area contributed by atoms with Crippen LogP contribution < -0.4 is 5.43 Å². The molecule has 0 aliphatic carbocycles. The van der Waals surface area contributed by atoms with Crippen molar-refractivity contribution in [2.75, 3.05) is 5.43 Å². The van der Waals surface area contributed by atoms with Crippen molar-refractivity contribution in [2.45, 2.75) is 0 Å². The van der Waals surface area contributed by atoms with Gasteiger partial charge in [0.1, 0.15) is 10.7 Å². The van der Waals surface area contributed by atoms with Crippen molar-refractivity contribution in [3.8, 4) is 11.1 Å². The number of nitrogens with one attached hydrogen (secondary N) is 1. The number of nitro groups is 1. The Hall–Kier alpha value is -3.52. The average molecular weight is 437 g/mol. The zero-order chi connectivity index (χ0) is 19.5. The fourth-order valence-corrected chi connectivity index (χ4v) is 3.14. The molecule has 0 aliphatic heterocycles. The first-order valence-electron chi connectivity index (χ1n) is 8.29. The summed E-state index contributed by atoms with van der Waals surface area (Å²) >= 11 is 3.51. The Morgan fingerprint density at radius 2 is 1.93 bits per heavy atom. The maximum absolute atomic E-state index is 10.7. The highest BCUT2D eigenvalue weighted by Gasteiger charge is 2.11. The van der Waals surface area contributed by atoms with Gasteiger partial charge in [-0.05, 0) is 41.5 Å². The molecule has 0 bridgehead atoms. The molecule has 2 heterocycles. The molecule has 0 fully saturated rings. The summed E-state index contributed by atoms with van der Waals surface area (Å²) in [7, 11) is 0. The SMILES string of the molecule is O=[N+]([O-])c1ccc(/C=N\Nc2cc(-c3ccccc3)c3cc(Br)ccc3n2)o1. The van der Waals surface area contributed by atoms with E-state index in [0.717, 1.165) is 26.5 Å². The van der Waals surface area contributed by atoms with Crippen LogP contribution in [0.2, 0.25) is 0 Å². The first kappa shape index (κ1) is 17.9. The van der Waals surface area contributed by atoms with E-state index in [-0.39, 0.29) is 11.6 Å². The zero-order valence-corrected chi connectivity index (χ0v) is 16.0. The van der Waals surface area contributed by atoms with E-state index < -0.39 is 4.92 Å². The normalized spacial score (nSPS) is 11.2. The minimum atomic E-state index is -0.597. The van der Waals surface area contributed by atoms with Crippen molar-refractivity contribution in [3.63, 3.8) is 0 Å². The van der Waals surface area contributed by atoms with E-state index in [4.69, 9.17) is 4.42 Å². The van der Waals surface area contributed by atoms with Crippen LogP contribution in [0, 0.1) is 10.1 Å². The lowest BCUT2D eigenvalue weighted by atomic mass is 10.0. The zero-order valence-electron chi connectivity index (χ0n) is 14.4. The molecule has 2 aromatic heterocycles. The van der Waals surface area contributed by atoms with Gasteiger partial charge in [-0.3, -0.25) is 15.5 Å². The van der Waals surface area contributed by atoms with Crippen LogP contribution in [0.4, 0.5) is 11.7 Å². The van der Waals surface area contributed by atoms with Crippen LogP contribution in [-0.2, 0) is 0 Å². The fraction of sp³-hybridized carbons (Fsp3) is 0. The van der Waals surface area contributed by atoms with Gasteiger partial charge in [0.25, 0.3) is 0 Å². The van der Waals surface area contributed by atoms with E-state index in [9.17, 15) is 10.1 Å². The van der Waals surface area contributed by atoms with E-state index in [2.05, 4.69) is 31.4 Å². The van der Waals surface area contributed by atoms with E-state index in [1.54, 1.807) is 0 Å². The Morgan fingerprint density at radius 3 is 2.68 bits per heavy atom. The first-order chi connectivity index (χ1) is 13.6. The fourth-order valence-electron chi connectivity index (χ4n) is 2.78. The molecule has 2 aromatic carbocycles. The second-order valence-electron chi connectivity index (χ2n) is 5.89. The molecular formula is C20H13BrN4O3. The standard InChI is InChI=1S/C20H13BrN4O3/c21-14-6-8-18-17(10-14)16(13-4-2-1-3-5-13)11-19(23-18)24-22-12-15-7-9-20(28-15)25(26)27/h1-12H,(H,23,24)/b22-12-. The van der Waals surface area contributed by atoms with Gasteiger partial charge in [-0.15, -0.1) is 0 Å². The number of hydrogen-bond donors (Lipinski definition) is 1. The molecule has 7 nitrogen and oxygen atoms in total. The second kappa shape index (κ2) is 7.61. The largest absolute Gasteiger partial charge is 0.433 e. The van der Waals surface area contributed by atoms with Crippen molar-refractivity contribution in [1.82, 2.24) is 4.98 Å². The lowest BCUT2D eigenvalue weighted by Gasteiger charge is -2.10. The summed E-state index contributed by atoms with van der Waals surface area (Å²) in [5.74, 6) is 0.486. The van der Waals surface area contributed by atoms with Gasteiger partial charge in [0.05, 0.1) is 17.8 Å². The van der Waals surface area contributed by atoms with Crippen LogP contribution in [-0.4, -0.2) is 16.1 Å². The van der Waals surface area contributed by atoms with Crippen molar-refractivity contribution >= 4 is 44.7 Å². The summed E-state index contributed by atoms with van der Waals surface area (Å²) in [6.45, 7) is 0. The number of aromatic nitrogens is 1. The minimum absolute atomic E-state index is 0.271. The summed E-state index contributed by atoms with van der Waals surface area (Å²) < 4.78 is 6.02. The van der Waals surface area contributed by atoms with Crippen LogP contribution in [0.5, 0.6) is 0 Å².